The number of rotatable bonds is 5. The van der Waals surface area contributed by atoms with Crippen LogP contribution in [0, 0.1) is 32.1 Å². The number of hydrogen-bond donors (Lipinski definition) is 1. The van der Waals surface area contributed by atoms with E-state index in [2.05, 4.69) is 45.5 Å². The first kappa shape index (κ1) is 20.9. The number of nitrogens with zero attached hydrogens (tertiary/aromatic N) is 6. The average molecular weight is 427 g/mol. The maximum Gasteiger partial charge on any atom is 0.343 e. The molecule has 0 saturated carbocycles. The molecular formula is C23H21N7O2. The number of benzene rings is 1. The normalized spacial score (nSPS) is 10.7. The summed E-state index contributed by atoms with van der Waals surface area (Å²) in [5, 5.41) is 18.1. The van der Waals surface area contributed by atoms with Gasteiger partial charge in [0.2, 0.25) is 0 Å². The largest absolute Gasteiger partial charge is 0.462 e. The van der Waals surface area contributed by atoms with E-state index < -0.39 is 5.97 Å². The van der Waals surface area contributed by atoms with Gasteiger partial charge in [0.05, 0.1) is 18.3 Å². The molecule has 0 atom stereocenters. The number of pyridine rings is 1. The number of aromatic nitrogens is 5. The van der Waals surface area contributed by atoms with E-state index in [0.29, 0.717) is 11.6 Å². The second-order valence-electron chi connectivity index (χ2n) is 7.34. The molecule has 0 bridgehead atoms. The zero-order valence-electron chi connectivity index (χ0n) is 18.2. The molecule has 1 aromatic carbocycles. The van der Waals surface area contributed by atoms with Crippen molar-refractivity contribution in [1.82, 2.24) is 24.7 Å². The van der Waals surface area contributed by atoms with Crippen molar-refractivity contribution >= 4 is 28.5 Å². The second kappa shape index (κ2) is 8.43. The van der Waals surface area contributed by atoms with E-state index in [9.17, 15) is 10.1 Å². The molecule has 0 amide bonds. The zero-order chi connectivity index (χ0) is 22.8. The van der Waals surface area contributed by atoms with Crippen molar-refractivity contribution in [2.45, 2.75) is 27.7 Å². The van der Waals surface area contributed by atoms with E-state index in [-0.39, 0.29) is 23.6 Å². The number of carbonyl (C=O) groups excluding carboxylic acids is 1. The van der Waals surface area contributed by atoms with Crippen LogP contribution < -0.4 is 5.32 Å². The third-order valence-electron chi connectivity index (χ3n) is 4.99. The molecule has 3 aromatic heterocycles. The van der Waals surface area contributed by atoms with E-state index in [1.54, 1.807) is 6.92 Å². The molecule has 9 heteroatoms. The number of aryl methyl sites for hydroxylation is 3. The minimum Gasteiger partial charge on any atom is -0.462 e. The number of nitriles is 1. The topological polar surface area (TPSA) is 119 Å². The predicted octanol–water partition coefficient (Wildman–Crippen LogP) is 3.93. The Balaban J connectivity index is 1.85. The first-order valence-electron chi connectivity index (χ1n) is 10.0. The van der Waals surface area contributed by atoms with Crippen molar-refractivity contribution in [1.29, 1.82) is 5.26 Å². The Bertz CT molecular complexity index is 1390. The summed E-state index contributed by atoms with van der Waals surface area (Å²) in [5.41, 5.74) is 4.54. The summed E-state index contributed by atoms with van der Waals surface area (Å²) >= 11 is 0. The Morgan fingerprint density at radius 2 is 2.00 bits per heavy atom. The van der Waals surface area contributed by atoms with E-state index in [4.69, 9.17) is 9.72 Å². The van der Waals surface area contributed by atoms with E-state index in [1.165, 1.54) is 23.4 Å². The highest BCUT2D eigenvalue weighted by molar-refractivity contribution is 5.95. The van der Waals surface area contributed by atoms with Crippen molar-refractivity contribution in [3.8, 4) is 11.9 Å². The van der Waals surface area contributed by atoms with E-state index in [1.807, 2.05) is 19.9 Å². The number of esters is 1. The summed E-state index contributed by atoms with van der Waals surface area (Å²) in [6, 6.07) is 8.21. The van der Waals surface area contributed by atoms with Gasteiger partial charge in [-0.25, -0.2) is 19.7 Å². The Morgan fingerprint density at radius 3 is 2.75 bits per heavy atom. The minimum absolute atomic E-state index is 0.153. The maximum atomic E-state index is 12.3. The first-order chi connectivity index (χ1) is 15.4. The Hall–Kier alpha value is -4.32. The molecule has 0 spiro atoms. The van der Waals surface area contributed by atoms with Gasteiger partial charge >= 0.3 is 5.97 Å². The fourth-order valence-corrected chi connectivity index (χ4v) is 3.56. The molecule has 0 unspecified atom stereocenters. The van der Waals surface area contributed by atoms with Crippen molar-refractivity contribution in [2.24, 2.45) is 0 Å². The van der Waals surface area contributed by atoms with Crippen LogP contribution >= 0.6 is 0 Å². The van der Waals surface area contributed by atoms with Crippen LogP contribution in [0.25, 0.3) is 16.7 Å². The number of carbonyl (C=O) groups is 1. The highest BCUT2D eigenvalue weighted by atomic mass is 16.5. The standard InChI is InChI=1S/C23H21N7O2/c1-5-32-23(31)18-11-25-12-26-21(18)29-22-16(9-24)10-27-30(22)19-8-14(3)17-7-13(2)6-15(4)20(17)28-19/h6-8,10-12H,5H2,1-4H3,(H,25,26,29). The van der Waals surface area contributed by atoms with Gasteiger partial charge in [-0.1, -0.05) is 11.6 Å². The lowest BCUT2D eigenvalue weighted by atomic mass is 10.0. The van der Waals surface area contributed by atoms with Gasteiger partial charge in [-0.2, -0.15) is 15.0 Å². The van der Waals surface area contributed by atoms with Crippen LogP contribution in [-0.4, -0.2) is 37.3 Å². The van der Waals surface area contributed by atoms with Crippen molar-refractivity contribution < 1.29 is 9.53 Å². The first-order valence-corrected chi connectivity index (χ1v) is 10.0. The van der Waals surface area contributed by atoms with Crippen LogP contribution in [0.3, 0.4) is 0 Å². The van der Waals surface area contributed by atoms with Crippen LogP contribution in [0.5, 0.6) is 0 Å². The quantitative estimate of drug-likeness (QED) is 0.476. The van der Waals surface area contributed by atoms with Gasteiger partial charge in [0, 0.05) is 11.6 Å². The van der Waals surface area contributed by atoms with Gasteiger partial charge in [0.15, 0.2) is 11.6 Å². The van der Waals surface area contributed by atoms with Crippen LogP contribution in [0.2, 0.25) is 0 Å². The number of hydrogen-bond acceptors (Lipinski definition) is 8. The molecule has 1 N–H and O–H groups in total. The van der Waals surface area contributed by atoms with Gasteiger partial charge in [-0.05, 0) is 51.0 Å². The van der Waals surface area contributed by atoms with E-state index >= 15 is 0 Å². The van der Waals surface area contributed by atoms with Crippen LogP contribution in [0.15, 0.2) is 36.9 Å². The van der Waals surface area contributed by atoms with Gasteiger partial charge in [0.1, 0.15) is 29.3 Å². The molecule has 160 valence electrons. The Labute approximate surface area is 184 Å². The Morgan fingerprint density at radius 1 is 1.19 bits per heavy atom. The van der Waals surface area contributed by atoms with Gasteiger partial charge < -0.3 is 10.1 Å². The highest BCUT2D eigenvalue weighted by Crippen LogP contribution is 2.28. The summed E-state index contributed by atoms with van der Waals surface area (Å²) in [7, 11) is 0. The lowest BCUT2D eigenvalue weighted by Crippen LogP contribution is -2.12. The molecule has 4 rings (SSSR count). The maximum absolute atomic E-state index is 12.3. The Kier molecular flexibility index (Phi) is 5.52. The molecule has 3 heterocycles. The minimum atomic E-state index is -0.564. The molecule has 0 saturated heterocycles. The van der Waals surface area contributed by atoms with Crippen molar-refractivity contribution in [3.63, 3.8) is 0 Å². The predicted molar refractivity (Wildman–Crippen MR) is 119 cm³/mol. The molecule has 0 aliphatic heterocycles. The van der Waals surface area contributed by atoms with Gasteiger partial charge in [0.25, 0.3) is 0 Å². The summed E-state index contributed by atoms with van der Waals surface area (Å²) < 4.78 is 6.62. The zero-order valence-corrected chi connectivity index (χ0v) is 18.2. The number of nitrogens with one attached hydrogen (secondary N) is 1. The lowest BCUT2D eigenvalue weighted by molar-refractivity contribution is 0.0526. The summed E-state index contributed by atoms with van der Waals surface area (Å²) in [6.07, 6.45) is 4.11. The van der Waals surface area contributed by atoms with Crippen LogP contribution in [0.4, 0.5) is 11.6 Å². The molecule has 0 fully saturated rings. The monoisotopic (exact) mass is 427 g/mol. The number of anilines is 2. The smallest absolute Gasteiger partial charge is 0.343 e. The van der Waals surface area contributed by atoms with Crippen LogP contribution in [0.1, 0.15) is 39.5 Å². The molecule has 0 aliphatic rings. The van der Waals surface area contributed by atoms with Gasteiger partial charge in [-0.15, -0.1) is 0 Å². The molecule has 32 heavy (non-hydrogen) atoms. The number of ether oxygens (including phenoxy) is 1. The summed E-state index contributed by atoms with van der Waals surface area (Å²) in [4.78, 5) is 25.2. The number of fused-ring (bicyclic) bond motifs is 1. The SMILES string of the molecule is CCOC(=O)c1cncnc1Nc1c(C#N)cnn1-c1cc(C)c2cc(C)cc(C)c2n1. The fraction of sp³-hybridized carbons (Fsp3) is 0.217. The summed E-state index contributed by atoms with van der Waals surface area (Å²) in [5.74, 6) is 0.525. The van der Waals surface area contributed by atoms with Gasteiger partial charge in [-0.3, -0.25) is 0 Å². The molecule has 0 aliphatic carbocycles. The molecule has 9 nitrogen and oxygen atoms in total. The molecule has 4 aromatic rings. The van der Waals surface area contributed by atoms with E-state index in [0.717, 1.165) is 27.6 Å². The molecule has 0 radical (unpaired) electrons. The fourth-order valence-electron chi connectivity index (χ4n) is 3.56. The lowest BCUT2D eigenvalue weighted by Gasteiger charge is -2.14. The summed E-state index contributed by atoms with van der Waals surface area (Å²) in [6.45, 7) is 8.01. The third-order valence-corrected chi connectivity index (χ3v) is 4.99. The second-order valence-corrected chi connectivity index (χ2v) is 7.34. The average Bonchev–Trinajstić information content (AvgIpc) is 3.17. The molecular weight excluding hydrogens is 406 g/mol. The van der Waals surface area contributed by atoms with Crippen molar-refractivity contribution in [2.75, 3.05) is 11.9 Å². The van der Waals surface area contributed by atoms with Crippen molar-refractivity contribution in [3.05, 3.63) is 64.7 Å². The third kappa shape index (κ3) is 3.74. The highest BCUT2D eigenvalue weighted by Gasteiger charge is 2.20. The van der Waals surface area contributed by atoms with Crippen LogP contribution in [-0.2, 0) is 4.74 Å².